The zero-order chi connectivity index (χ0) is 9.31. The average Bonchev–Trinajstić information content (AvgIpc) is 2.85. The number of benzene rings is 1. The molecule has 0 aliphatic carbocycles. The van der Waals surface area contributed by atoms with Crippen LogP contribution in [0, 0.1) is 0 Å². The molecule has 13 heavy (non-hydrogen) atoms. The minimum atomic E-state index is -0.174. The van der Waals surface area contributed by atoms with Crippen LogP contribution in [-0.2, 0) is 4.74 Å². The molecule has 1 aliphatic heterocycles. The molecule has 1 aliphatic rings. The standard InChI is InChI=1S/C11H12O2/c1-11(8-13-11)7-10(12)9-5-3-2-4-6-9/h2-6H,7-8H2,1H3. The van der Waals surface area contributed by atoms with E-state index in [0.29, 0.717) is 13.0 Å². The third kappa shape index (κ3) is 1.95. The summed E-state index contributed by atoms with van der Waals surface area (Å²) in [6, 6.07) is 9.35. The lowest BCUT2D eigenvalue weighted by Gasteiger charge is -2.03. The highest BCUT2D eigenvalue weighted by molar-refractivity contribution is 5.96. The number of Topliss-reactive ketones (excluding diaryl/α,β-unsaturated/α-hetero) is 1. The van der Waals surface area contributed by atoms with E-state index in [4.69, 9.17) is 4.74 Å². The van der Waals surface area contributed by atoms with Gasteiger partial charge in [0.25, 0.3) is 0 Å². The molecule has 2 nitrogen and oxygen atoms in total. The molecule has 0 amide bonds. The molecule has 0 N–H and O–H groups in total. The van der Waals surface area contributed by atoms with Gasteiger partial charge in [-0.05, 0) is 6.92 Å². The first kappa shape index (κ1) is 8.45. The van der Waals surface area contributed by atoms with Crippen LogP contribution >= 0.6 is 0 Å². The number of ketones is 1. The summed E-state index contributed by atoms with van der Waals surface area (Å²) in [7, 11) is 0. The highest BCUT2D eigenvalue weighted by Gasteiger charge is 2.41. The number of rotatable bonds is 3. The number of carbonyl (C=O) groups is 1. The fourth-order valence-electron chi connectivity index (χ4n) is 1.29. The smallest absolute Gasteiger partial charge is 0.165 e. The van der Waals surface area contributed by atoms with Crippen molar-refractivity contribution in [2.45, 2.75) is 18.9 Å². The number of epoxide rings is 1. The van der Waals surface area contributed by atoms with E-state index in [1.807, 2.05) is 37.3 Å². The molecule has 0 saturated carbocycles. The summed E-state index contributed by atoms with van der Waals surface area (Å²) >= 11 is 0. The van der Waals surface area contributed by atoms with Crippen LogP contribution < -0.4 is 0 Å². The van der Waals surface area contributed by atoms with Gasteiger partial charge in [0.15, 0.2) is 5.78 Å². The van der Waals surface area contributed by atoms with E-state index in [1.165, 1.54) is 0 Å². The molecule has 1 atom stereocenters. The Hall–Kier alpha value is -1.15. The highest BCUT2D eigenvalue weighted by Crippen LogP contribution is 2.31. The molecule has 68 valence electrons. The molecule has 1 heterocycles. The second-order valence-corrected chi connectivity index (χ2v) is 3.70. The maximum absolute atomic E-state index is 11.6. The Kier molecular flexibility index (Phi) is 1.93. The predicted molar refractivity (Wildman–Crippen MR) is 49.7 cm³/mol. The molecule has 0 bridgehead atoms. The van der Waals surface area contributed by atoms with Crippen LogP contribution in [0.5, 0.6) is 0 Å². The number of carbonyl (C=O) groups excluding carboxylic acids is 1. The van der Waals surface area contributed by atoms with Gasteiger partial charge in [-0.3, -0.25) is 4.79 Å². The van der Waals surface area contributed by atoms with Gasteiger partial charge in [-0.15, -0.1) is 0 Å². The minimum absolute atomic E-state index is 0.167. The molecular formula is C11H12O2. The topological polar surface area (TPSA) is 29.6 Å². The lowest BCUT2D eigenvalue weighted by atomic mass is 10.0. The summed E-state index contributed by atoms with van der Waals surface area (Å²) in [6.07, 6.45) is 0.497. The van der Waals surface area contributed by atoms with Gasteiger partial charge in [0.05, 0.1) is 12.2 Å². The Balaban J connectivity index is 2.06. The summed E-state index contributed by atoms with van der Waals surface area (Å²) in [4.78, 5) is 11.6. The van der Waals surface area contributed by atoms with Gasteiger partial charge in [-0.2, -0.15) is 0 Å². The molecule has 0 spiro atoms. The molecule has 1 saturated heterocycles. The van der Waals surface area contributed by atoms with Crippen molar-refractivity contribution >= 4 is 5.78 Å². The molecule has 0 aromatic heterocycles. The van der Waals surface area contributed by atoms with E-state index >= 15 is 0 Å². The molecule has 1 aromatic rings. The lowest BCUT2D eigenvalue weighted by molar-refractivity contribution is 0.0951. The highest BCUT2D eigenvalue weighted by atomic mass is 16.6. The van der Waals surface area contributed by atoms with Crippen molar-refractivity contribution < 1.29 is 9.53 Å². The van der Waals surface area contributed by atoms with E-state index in [0.717, 1.165) is 5.56 Å². The number of hydrogen-bond donors (Lipinski definition) is 0. The van der Waals surface area contributed by atoms with Crippen LogP contribution in [0.4, 0.5) is 0 Å². The molecule has 1 unspecified atom stereocenters. The van der Waals surface area contributed by atoms with E-state index in [2.05, 4.69) is 0 Å². The maximum Gasteiger partial charge on any atom is 0.165 e. The normalized spacial score (nSPS) is 25.6. The first-order valence-electron chi connectivity index (χ1n) is 4.42. The van der Waals surface area contributed by atoms with E-state index < -0.39 is 0 Å². The quantitative estimate of drug-likeness (QED) is 0.521. The summed E-state index contributed by atoms with van der Waals surface area (Å²) in [5.74, 6) is 0.167. The van der Waals surface area contributed by atoms with Gasteiger partial charge in [0, 0.05) is 12.0 Å². The first-order valence-corrected chi connectivity index (χ1v) is 4.42. The van der Waals surface area contributed by atoms with E-state index in [1.54, 1.807) is 0 Å². The first-order chi connectivity index (χ1) is 6.20. The number of ether oxygens (including phenoxy) is 1. The zero-order valence-corrected chi connectivity index (χ0v) is 7.62. The summed E-state index contributed by atoms with van der Waals surface area (Å²) < 4.78 is 5.17. The average molecular weight is 176 g/mol. The monoisotopic (exact) mass is 176 g/mol. The Morgan fingerprint density at radius 3 is 2.62 bits per heavy atom. The summed E-state index contributed by atoms with van der Waals surface area (Å²) in [5.41, 5.74) is 0.603. The van der Waals surface area contributed by atoms with Gasteiger partial charge in [-0.1, -0.05) is 30.3 Å². The van der Waals surface area contributed by atoms with Crippen molar-refractivity contribution in [3.8, 4) is 0 Å². The van der Waals surface area contributed by atoms with E-state index in [-0.39, 0.29) is 11.4 Å². The molecule has 2 heteroatoms. The summed E-state index contributed by atoms with van der Waals surface area (Å²) in [5, 5.41) is 0. The van der Waals surface area contributed by atoms with Crippen molar-refractivity contribution in [2.75, 3.05) is 6.61 Å². The van der Waals surface area contributed by atoms with Crippen LogP contribution in [0.2, 0.25) is 0 Å². The Bertz CT molecular complexity index is 312. The fraction of sp³-hybridized carbons (Fsp3) is 0.364. The van der Waals surface area contributed by atoms with Gasteiger partial charge >= 0.3 is 0 Å². The minimum Gasteiger partial charge on any atom is -0.369 e. The van der Waals surface area contributed by atoms with Crippen molar-refractivity contribution in [3.63, 3.8) is 0 Å². The molecule has 2 rings (SSSR count). The Labute approximate surface area is 77.5 Å². The third-order valence-corrected chi connectivity index (χ3v) is 2.27. The lowest BCUT2D eigenvalue weighted by Crippen LogP contribution is -2.12. The maximum atomic E-state index is 11.6. The number of hydrogen-bond acceptors (Lipinski definition) is 2. The second kappa shape index (κ2) is 2.96. The second-order valence-electron chi connectivity index (χ2n) is 3.70. The SMILES string of the molecule is CC1(CC(=O)c2ccccc2)CO1. The fourth-order valence-corrected chi connectivity index (χ4v) is 1.29. The van der Waals surface area contributed by atoms with Crippen LogP contribution in [0.1, 0.15) is 23.7 Å². The van der Waals surface area contributed by atoms with Crippen molar-refractivity contribution in [2.24, 2.45) is 0 Å². The van der Waals surface area contributed by atoms with Gasteiger partial charge in [0.2, 0.25) is 0 Å². The van der Waals surface area contributed by atoms with Gasteiger partial charge < -0.3 is 4.74 Å². The van der Waals surface area contributed by atoms with E-state index in [9.17, 15) is 4.79 Å². The predicted octanol–water partition coefficient (Wildman–Crippen LogP) is 2.05. The van der Waals surface area contributed by atoms with Crippen LogP contribution in [0.15, 0.2) is 30.3 Å². The van der Waals surface area contributed by atoms with Crippen LogP contribution in [-0.4, -0.2) is 18.0 Å². The largest absolute Gasteiger partial charge is 0.369 e. The Morgan fingerprint density at radius 1 is 1.46 bits per heavy atom. The molecule has 1 fully saturated rings. The van der Waals surface area contributed by atoms with Crippen LogP contribution in [0.3, 0.4) is 0 Å². The van der Waals surface area contributed by atoms with Gasteiger partial charge in [0.1, 0.15) is 0 Å². The van der Waals surface area contributed by atoms with Crippen molar-refractivity contribution in [1.29, 1.82) is 0 Å². The molecule has 0 radical (unpaired) electrons. The molecule has 1 aromatic carbocycles. The van der Waals surface area contributed by atoms with Crippen LogP contribution in [0.25, 0.3) is 0 Å². The summed E-state index contributed by atoms with van der Waals surface area (Å²) in [6.45, 7) is 2.68. The van der Waals surface area contributed by atoms with Crippen molar-refractivity contribution in [3.05, 3.63) is 35.9 Å². The zero-order valence-electron chi connectivity index (χ0n) is 7.62. The van der Waals surface area contributed by atoms with Gasteiger partial charge in [-0.25, -0.2) is 0 Å². The van der Waals surface area contributed by atoms with Crippen molar-refractivity contribution in [1.82, 2.24) is 0 Å². The molecular weight excluding hydrogens is 164 g/mol. The third-order valence-electron chi connectivity index (χ3n) is 2.27. The Morgan fingerprint density at radius 2 is 2.08 bits per heavy atom.